The number of carbonyl (C=O) groups excluding carboxylic acids is 2. The summed E-state index contributed by atoms with van der Waals surface area (Å²) in [6, 6.07) is 14.9. The molecule has 0 saturated carbocycles. The van der Waals surface area contributed by atoms with E-state index in [4.69, 9.17) is 0 Å². The summed E-state index contributed by atoms with van der Waals surface area (Å²) in [4.78, 5) is 23.6. The maximum Gasteiger partial charge on any atom is 0.319 e. The fourth-order valence-electron chi connectivity index (χ4n) is 2.15. The molecule has 0 bridgehead atoms. The molecule has 0 atom stereocenters. The van der Waals surface area contributed by atoms with Gasteiger partial charge in [-0.2, -0.15) is 0 Å². The van der Waals surface area contributed by atoms with Crippen molar-refractivity contribution in [2.24, 2.45) is 0 Å². The topological polar surface area (TPSA) is 82.3 Å². The van der Waals surface area contributed by atoms with Crippen molar-refractivity contribution in [3.63, 3.8) is 0 Å². The highest BCUT2D eigenvalue weighted by Crippen LogP contribution is 2.19. The molecule has 0 fully saturated rings. The molecule has 4 amide bonds. The van der Waals surface area contributed by atoms with Crippen molar-refractivity contribution in [2.75, 3.05) is 35.2 Å². The first-order valence-corrected chi connectivity index (χ1v) is 11.5. The van der Waals surface area contributed by atoms with Gasteiger partial charge in [-0.15, -0.1) is 0 Å². The van der Waals surface area contributed by atoms with Crippen LogP contribution in [0.2, 0.25) is 0 Å². The number of hydrogen-bond acceptors (Lipinski definition) is 4. The first kappa shape index (κ1) is 22.0. The van der Waals surface area contributed by atoms with E-state index < -0.39 is 0 Å². The average molecular weight is 419 g/mol. The molecule has 150 valence electrons. The molecule has 2 rings (SSSR count). The van der Waals surface area contributed by atoms with Crippen molar-refractivity contribution in [3.05, 3.63) is 59.7 Å². The lowest BCUT2D eigenvalue weighted by Gasteiger charge is -2.08. The number of anilines is 2. The van der Waals surface area contributed by atoms with Crippen LogP contribution < -0.4 is 21.3 Å². The van der Waals surface area contributed by atoms with Crippen molar-refractivity contribution >= 4 is 45.0 Å². The zero-order chi connectivity index (χ0) is 20.2. The van der Waals surface area contributed by atoms with Gasteiger partial charge in [0.25, 0.3) is 0 Å². The maximum absolute atomic E-state index is 11.8. The van der Waals surface area contributed by atoms with Crippen molar-refractivity contribution < 1.29 is 9.59 Å². The van der Waals surface area contributed by atoms with Gasteiger partial charge in [-0.25, -0.2) is 9.59 Å². The van der Waals surface area contributed by atoms with Gasteiger partial charge in [0.15, 0.2) is 0 Å². The highest BCUT2D eigenvalue weighted by atomic mass is 33.1. The molecule has 0 aliphatic heterocycles. The number of urea groups is 2. The molecule has 0 aromatic heterocycles. The molecule has 4 N–H and O–H groups in total. The first-order chi connectivity index (χ1) is 13.5. The molecule has 2 aromatic rings. The lowest BCUT2D eigenvalue weighted by molar-refractivity contribution is 0.252. The van der Waals surface area contributed by atoms with Crippen LogP contribution in [-0.2, 0) is 0 Å². The second-order valence-electron chi connectivity index (χ2n) is 6.14. The molecular formula is C20H26N4O2S2. The molecule has 0 saturated heterocycles. The number of nitrogens with one attached hydrogen (secondary N) is 4. The summed E-state index contributed by atoms with van der Waals surface area (Å²) in [7, 11) is 3.33. The number of carbonyl (C=O) groups is 2. The van der Waals surface area contributed by atoms with Crippen LogP contribution in [0.25, 0.3) is 0 Å². The molecule has 0 spiro atoms. The maximum atomic E-state index is 11.8. The van der Waals surface area contributed by atoms with Crippen LogP contribution in [-0.4, -0.2) is 36.7 Å². The Kier molecular flexibility index (Phi) is 9.57. The summed E-state index contributed by atoms with van der Waals surface area (Å²) < 4.78 is 0. The second-order valence-corrected chi connectivity index (χ2v) is 8.84. The van der Waals surface area contributed by atoms with Gasteiger partial charge in [0.05, 0.1) is 0 Å². The van der Waals surface area contributed by atoms with Crippen LogP contribution >= 0.6 is 21.6 Å². The molecule has 2 aromatic carbocycles. The Hall–Kier alpha value is -2.32. The van der Waals surface area contributed by atoms with E-state index in [0.29, 0.717) is 13.1 Å². The third kappa shape index (κ3) is 9.05. The highest BCUT2D eigenvalue weighted by Gasteiger charge is 2.02. The van der Waals surface area contributed by atoms with Crippen molar-refractivity contribution in [3.8, 4) is 0 Å². The molecule has 0 aliphatic rings. The standard InChI is InChI=1S/C20H26N4O2S2/c1-15-3-7-17(8-4-15)23-19(25)21-11-13-27-28-14-12-22-20(26)24-18-9-5-16(2)6-10-18/h3-10H,11-14H2,1-2H3,(H2,21,23,25)(H2,22,24,26). The molecule has 0 heterocycles. The summed E-state index contributed by atoms with van der Waals surface area (Å²) >= 11 is 0. The van der Waals surface area contributed by atoms with Crippen LogP contribution in [0.5, 0.6) is 0 Å². The van der Waals surface area contributed by atoms with Gasteiger partial charge in [0, 0.05) is 36.0 Å². The molecule has 0 aliphatic carbocycles. The lowest BCUT2D eigenvalue weighted by atomic mass is 10.2. The fraction of sp³-hybridized carbons (Fsp3) is 0.300. The monoisotopic (exact) mass is 418 g/mol. The fourth-order valence-corrected chi connectivity index (χ4v) is 3.97. The van der Waals surface area contributed by atoms with Crippen LogP contribution in [0.15, 0.2) is 48.5 Å². The Morgan fingerprint density at radius 3 is 1.39 bits per heavy atom. The average Bonchev–Trinajstić information content (AvgIpc) is 2.67. The Labute approximate surface area is 174 Å². The Morgan fingerprint density at radius 2 is 1.04 bits per heavy atom. The van der Waals surface area contributed by atoms with Crippen LogP contribution in [0.3, 0.4) is 0 Å². The van der Waals surface area contributed by atoms with Crippen molar-refractivity contribution in [1.82, 2.24) is 10.6 Å². The first-order valence-electron chi connectivity index (χ1n) is 9.00. The van der Waals surface area contributed by atoms with E-state index in [1.165, 1.54) is 0 Å². The van der Waals surface area contributed by atoms with Gasteiger partial charge >= 0.3 is 12.1 Å². The number of benzene rings is 2. The minimum atomic E-state index is -0.205. The van der Waals surface area contributed by atoms with E-state index in [1.54, 1.807) is 21.6 Å². The second kappa shape index (κ2) is 12.2. The van der Waals surface area contributed by atoms with Gasteiger partial charge in [-0.1, -0.05) is 57.0 Å². The van der Waals surface area contributed by atoms with E-state index in [9.17, 15) is 9.59 Å². The molecule has 28 heavy (non-hydrogen) atoms. The molecule has 8 heteroatoms. The summed E-state index contributed by atoms with van der Waals surface area (Å²) in [6.45, 7) is 5.17. The summed E-state index contributed by atoms with van der Waals surface area (Å²) in [5, 5.41) is 11.2. The normalized spacial score (nSPS) is 10.2. The number of aryl methyl sites for hydroxylation is 2. The quantitative estimate of drug-likeness (QED) is 0.353. The predicted octanol–water partition coefficient (Wildman–Crippen LogP) is 4.63. The third-order valence-electron chi connectivity index (χ3n) is 3.64. The van der Waals surface area contributed by atoms with Crippen LogP contribution in [0, 0.1) is 13.8 Å². The van der Waals surface area contributed by atoms with E-state index >= 15 is 0 Å². The van der Waals surface area contributed by atoms with E-state index in [0.717, 1.165) is 34.0 Å². The van der Waals surface area contributed by atoms with Gasteiger partial charge in [0.2, 0.25) is 0 Å². The zero-order valence-corrected chi connectivity index (χ0v) is 17.7. The van der Waals surface area contributed by atoms with E-state index in [-0.39, 0.29) is 12.1 Å². The third-order valence-corrected chi connectivity index (χ3v) is 6.05. The minimum Gasteiger partial charge on any atom is -0.337 e. The van der Waals surface area contributed by atoms with Crippen molar-refractivity contribution in [1.29, 1.82) is 0 Å². The summed E-state index contributed by atoms with van der Waals surface area (Å²) in [6.07, 6.45) is 0. The minimum absolute atomic E-state index is 0.205. The van der Waals surface area contributed by atoms with E-state index in [2.05, 4.69) is 21.3 Å². The van der Waals surface area contributed by atoms with Gasteiger partial charge < -0.3 is 21.3 Å². The Balaban J connectivity index is 1.45. The number of hydrogen-bond donors (Lipinski definition) is 4. The largest absolute Gasteiger partial charge is 0.337 e. The van der Waals surface area contributed by atoms with Gasteiger partial charge in [-0.05, 0) is 38.1 Å². The van der Waals surface area contributed by atoms with Crippen molar-refractivity contribution in [2.45, 2.75) is 13.8 Å². The molecular weight excluding hydrogens is 392 g/mol. The Bertz CT molecular complexity index is 686. The smallest absolute Gasteiger partial charge is 0.319 e. The molecule has 6 nitrogen and oxygen atoms in total. The summed E-state index contributed by atoms with van der Waals surface area (Å²) in [5.74, 6) is 1.59. The zero-order valence-electron chi connectivity index (χ0n) is 16.1. The summed E-state index contributed by atoms with van der Waals surface area (Å²) in [5.41, 5.74) is 3.86. The van der Waals surface area contributed by atoms with E-state index in [1.807, 2.05) is 62.4 Å². The molecule has 0 radical (unpaired) electrons. The SMILES string of the molecule is Cc1ccc(NC(=O)NCCSSCCNC(=O)Nc2ccc(C)cc2)cc1. The Morgan fingerprint density at radius 1 is 0.679 bits per heavy atom. The number of amides is 4. The van der Waals surface area contributed by atoms with Crippen LogP contribution in [0.1, 0.15) is 11.1 Å². The molecule has 0 unspecified atom stereocenters. The van der Waals surface area contributed by atoms with Gasteiger partial charge in [-0.3, -0.25) is 0 Å². The predicted molar refractivity (Wildman–Crippen MR) is 121 cm³/mol. The highest BCUT2D eigenvalue weighted by molar-refractivity contribution is 8.76. The number of rotatable bonds is 9. The van der Waals surface area contributed by atoms with Gasteiger partial charge in [0.1, 0.15) is 0 Å². The lowest BCUT2D eigenvalue weighted by Crippen LogP contribution is -2.30. The van der Waals surface area contributed by atoms with Crippen LogP contribution in [0.4, 0.5) is 21.0 Å².